The Bertz CT molecular complexity index is 551. The van der Waals surface area contributed by atoms with Crippen molar-refractivity contribution in [3.8, 4) is 11.5 Å². The van der Waals surface area contributed by atoms with Crippen LogP contribution in [0, 0.1) is 0 Å². The first kappa shape index (κ1) is 18.4. The molecule has 0 saturated carbocycles. The van der Waals surface area contributed by atoms with Gasteiger partial charge in [0.15, 0.2) is 11.5 Å². The van der Waals surface area contributed by atoms with Crippen molar-refractivity contribution in [2.24, 2.45) is 0 Å². The second-order valence-electron chi connectivity index (χ2n) is 5.42. The molecule has 1 aliphatic rings. The number of halogens is 2. The first-order valence-corrected chi connectivity index (χ1v) is 7.69. The van der Waals surface area contributed by atoms with Gasteiger partial charge >= 0.3 is 6.61 Å². The maximum absolute atomic E-state index is 12.5. The Morgan fingerprint density at radius 1 is 1.33 bits per heavy atom. The molecule has 0 N–H and O–H groups in total. The molecule has 1 fully saturated rings. The summed E-state index contributed by atoms with van der Waals surface area (Å²) in [5, 5.41) is 0. The maximum Gasteiger partial charge on any atom is 0.387 e. The average molecular weight is 344 g/mol. The number of likely N-dealkylation sites (N-methyl/N-ethyl adjacent to an activating group) is 1. The Hall–Kier alpha value is -1.93. The minimum atomic E-state index is -2.98. The highest BCUT2D eigenvalue weighted by molar-refractivity contribution is 5.94. The van der Waals surface area contributed by atoms with Crippen LogP contribution in [-0.2, 0) is 4.74 Å². The van der Waals surface area contributed by atoms with Crippen molar-refractivity contribution in [1.82, 2.24) is 9.80 Å². The van der Waals surface area contributed by atoms with E-state index in [0.29, 0.717) is 19.8 Å². The molecule has 1 aliphatic heterocycles. The van der Waals surface area contributed by atoms with Gasteiger partial charge in [-0.25, -0.2) is 0 Å². The minimum absolute atomic E-state index is 0.153. The van der Waals surface area contributed by atoms with Crippen LogP contribution in [0.15, 0.2) is 18.2 Å². The van der Waals surface area contributed by atoms with Crippen LogP contribution < -0.4 is 9.47 Å². The van der Waals surface area contributed by atoms with Gasteiger partial charge in [0.1, 0.15) is 0 Å². The molecule has 0 bridgehead atoms. The van der Waals surface area contributed by atoms with Crippen molar-refractivity contribution in [2.75, 3.05) is 53.6 Å². The number of morpholine rings is 1. The van der Waals surface area contributed by atoms with E-state index >= 15 is 0 Å². The van der Waals surface area contributed by atoms with Crippen LogP contribution >= 0.6 is 0 Å². The standard InChI is InChI=1S/C16H22F2N2O4/c1-19(5-6-20-7-9-23-10-8-20)15(21)12-3-4-13(22-2)14(11-12)24-16(17)18/h3-4,11,16H,5-10H2,1-2H3. The van der Waals surface area contributed by atoms with Gasteiger partial charge < -0.3 is 19.1 Å². The lowest BCUT2D eigenvalue weighted by molar-refractivity contribution is -0.0512. The normalized spacial score (nSPS) is 15.4. The SMILES string of the molecule is COc1ccc(C(=O)N(C)CCN2CCOCC2)cc1OC(F)F. The zero-order chi connectivity index (χ0) is 17.5. The Morgan fingerprint density at radius 2 is 2.04 bits per heavy atom. The summed E-state index contributed by atoms with van der Waals surface area (Å²) in [5.41, 5.74) is 0.274. The second-order valence-corrected chi connectivity index (χ2v) is 5.42. The van der Waals surface area contributed by atoms with Crippen molar-refractivity contribution >= 4 is 5.91 Å². The Kier molecular flexibility index (Phi) is 6.74. The fourth-order valence-corrected chi connectivity index (χ4v) is 2.44. The van der Waals surface area contributed by atoms with E-state index in [-0.39, 0.29) is 23.0 Å². The smallest absolute Gasteiger partial charge is 0.387 e. The van der Waals surface area contributed by atoms with Crippen molar-refractivity contribution in [2.45, 2.75) is 6.61 Å². The number of carbonyl (C=O) groups excluding carboxylic acids is 1. The predicted molar refractivity (Wildman–Crippen MR) is 83.8 cm³/mol. The third-order valence-corrected chi connectivity index (χ3v) is 3.83. The van der Waals surface area contributed by atoms with E-state index in [0.717, 1.165) is 19.6 Å². The molecule has 8 heteroatoms. The zero-order valence-corrected chi connectivity index (χ0v) is 13.8. The molecule has 1 aromatic carbocycles. The molecule has 0 spiro atoms. The summed E-state index contributed by atoms with van der Waals surface area (Å²) in [6.07, 6.45) is 0. The van der Waals surface area contributed by atoms with Gasteiger partial charge in [-0.05, 0) is 18.2 Å². The van der Waals surface area contributed by atoms with E-state index in [1.165, 1.54) is 25.3 Å². The van der Waals surface area contributed by atoms with E-state index in [1.807, 2.05) is 0 Å². The number of amides is 1. The number of ether oxygens (including phenoxy) is 3. The van der Waals surface area contributed by atoms with E-state index in [2.05, 4.69) is 9.64 Å². The summed E-state index contributed by atoms with van der Waals surface area (Å²) in [7, 11) is 3.03. The van der Waals surface area contributed by atoms with Crippen molar-refractivity contribution in [3.05, 3.63) is 23.8 Å². The summed E-state index contributed by atoms with van der Waals surface area (Å²) in [5.74, 6) is -0.257. The van der Waals surface area contributed by atoms with Crippen LogP contribution in [0.3, 0.4) is 0 Å². The molecule has 0 unspecified atom stereocenters. The van der Waals surface area contributed by atoms with Crippen LogP contribution in [0.1, 0.15) is 10.4 Å². The first-order valence-electron chi connectivity index (χ1n) is 7.69. The van der Waals surface area contributed by atoms with E-state index in [4.69, 9.17) is 9.47 Å². The lowest BCUT2D eigenvalue weighted by Gasteiger charge is -2.28. The number of benzene rings is 1. The summed E-state index contributed by atoms with van der Waals surface area (Å²) >= 11 is 0. The van der Waals surface area contributed by atoms with Crippen LogP contribution in [0.2, 0.25) is 0 Å². The fraction of sp³-hybridized carbons (Fsp3) is 0.562. The highest BCUT2D eigenvalue weighted by Gasteiger charge is 2.18. The Morgan fingerprint density at radius 3 is 2.67 bits per heavy atom. The third-order valence-electron chi connectivity index (χ3n) is 3.83. The van der Waals surface area contributed by atoms with E-state index in [1.54, 1.807) is 11.9 Å². The fourth-order valence-electron chi connectivity index (χ4n) is 2.44. The minimum Gasteiger partial charge on any atom is -0.493 e. The summed E-state index contributed by atoms with van der Waals surface area (Å²) in [4.78, 5) is 16.2. The van der Waals surface area contributed by atoms with Gasteiger partial charge in [0.25, 0.3) is 5.91 Å². The van der Waals surface area contributed by atoms with Crippen LogP contribution in [0.4, 0.5) is 8.78 Å². The highest BCUT2D eigenvalue weighted by Crippen LogP contribution is 2.29. The summed E-state index contributed by atoms with van der Waals surface area (Å²) < 4.78 is 39.6. The molecule has 1 heterocycles. The number of hydrogen-bond donors (Lipinski definition) is 0. The number of carbonyl (C=O) groups is 1. The van der Waals surface area contributed by atoms with Crippen molar-refractivity contribution in [3.63, 3.8) is 0 Å². The molecule has 0 aromatic heterocycles. The largest absolute Gasteiger partial charge is 0.493 e. The maximum atomic E-state index is 12.5. The van der Waals surface area contributed by atoms with E-state index < -0.39 is 6.61 Å². The van der Waals surface area contributed by atoms with Crippen LogP contribution in [-0.4, -0.2) is 75.9 Å². The first-order chi connectivity index (χ1) is 11.5. The molecule has 0 aliphatic carbocycles. The van der Waals surface area contributed by atoms with Gasteiger partial charge in [-0.15, -0.1) is 0 Å². The number of methoxy groups -OCH3 is 1. The second kappa shape index (κ2) is 8.79. The molecular formula is C16H22F2N2O4. The molecule has 0 atom stereocenters. The van der Waals surface area contributed by atoms with Gasteiger partial charge in [0.2, 0.25) is 0 Å². The lowest BCUT2D eigenvalue weighted by atomic mass is 10.1. The number of rotatable bonds is 7. The molecule has 2 rings (SSSR count). The summed E-state index contributed by atoms with van der Waals surface area (Å²) in [6, 6.07) is 4.25. The average Bonchev–Trinajstić information content (AvgIpc) is 2.59. The topological polar surface area (TPSA) is 51.2 Å². The molecular weight excluding hydrogens is 322 g/mol. The molecule has 1 aromatic rings. The number of hydrogen-bond acceptors (Lipinski definition) is 5. The zero-order valence-electron chi connectivity index (χ0n) is 13.8. The van der Waals surface area contributed by atoms with Crippen molar-refractivity contribution < 1.29 is 27.8 Å². The Balaban J connectivity index is 1.99. The summed E-state index contributed by atoms with van der Waals surface area (Å²) in [6.45, 7) is 1.38. The van der Waals surface area contributed by atoms with Gasteiger partial charge in [-0.2, -0.15) is 8.78 Å². The molecule has 1 saturated heterocycles. The molecule has 24 heavy (non-hydrogen) atoms. The number of nitrogens with zero attached hydrogens (tertiary/aromatic N) is 2. The quantitative estimate of drug-likeness (QED) is 0.754. The van der Waals surface area contributed by atoms with Crippen LogP contribution in [0.25, 0.3) is 0 Å². The predicted octanol–water partition coefficient (Wildman–Crippen LogP) is 1.70. The highest BCUT2D eigenvalue weighted by atomic mass is 19.3. The van der Waals surface area contributed by atoms with E-state index in [9.17, 15) is 13.6 Å². The monoisotopic (exact) mass is 344 g/mol. The molecule has 6 nitrogen and oxygen atoms in total. The van der Waals surface area contributed by atoms with Gasteiger partial charge in [0.05, 0.1) is 20.3 Å². The van der Waals surface area contributed by atoms with Gasteiger partial charge in [-0.3, -0.25) is 9.69 Å². The van der Waals surface area contributed by atoms with Gasteiger partial charge in [-0.1, -0.05) is 0 Å². The Labute approximate surface area is 139 Å². The lowest BCUT2D eigenvalue weighted by Crippen LogP contribution is -2.41. The van der Waals surface area contributed by atoms with Gasteiger partial charge in [0, 0.05) is 38.8 Å². The van der Waals surface area contributed by atoms with Crippen molar-refractivity contribution in [1.29, 1.82) is 0 Å². The third kappa shape index (κ3) is 5.04. The number of alkyl halides is 2. The molecule has 1 amide bonds. The van der Waals surface area contributed by atoms with Crippen LogP contribution in [0.5, 0.6) is 11.5 Å². The molecule has 134 valence electrons. The molecule has 0 radical (unpaired) electrons.